The molecule has 1 saturated heterocycles. The molecule has 1 aliphatic rings. The minimum atomic E-state index is 0.0359. The lowest BCUT2D eigenvalue weighted by molar-refractivity contribution is -0.101. The van der Waals surface area contributed by atoms with Gasteiger partial charge in [0.1, 0.15) is 0 Å². The highest BCUT2D eigenvalue weighted by Gasteiger charge is 2.55. The van der Waals surface area contributed by atoms with Crippen molar-refractivity contribution in [2.24, 2.45) is 0 Å². The maximum absolute atomic E-state index is 8.91. The predicted octanol–water partition coefficient (Wildman–Crippen LogP) is 1.96. The Morgan fingerprint density at radius 3 is 2.25 bits per heavy atom. The highest BCUT2D eigenvalue weighted by molar-refractivity contribution is 7.81. The van der Waals surface area contributed by atoms with E-state index < -0.39 is 0 Å². The van der Waals surface area contributed by atoms with E-state index in [-0.39, 0.29) is 17.5 Å². The van der Waals surface area contributed by atoms with Crippen molar-refractivity contribution in [1.82, 2.24) is 5.06 Å². The fraction of sp³-hybridized carbons (Fsp3) is 0.500. The summed E-state index contributed by atoms with van der Waals surface area (Å²) in [6, 6.07) is 7.75. The van der Waals surface area contributed by atoms with Gasteiger partial charge in [0.05, 0.1) is 24.1 Å². The fourth-order valence-electron chi connectivity index (χ4n) is 1.55. The van der Waals surface area contributed by atoms with Gasteiger partial charge in [-0.1, -0.05) is 24.3 Å². The van der Waals surface area contributed by atoms with Crippen LogP contribution < -0.4 is 0 Å². The Kier molecular flexibility index (Phi) is 3.26. The van der Waals surface area contributed by atoms with Crippen molar-refractivity contribution in [3.05, 3.63) is 35.4 Å². The monoisotopic (exact) mass is 239 g/mol. The van der Waals surface area contributed by atoms with Crippen LogP contribution in [-0.4, -0.2) is 21.1 Å². The normalized spacial score (nSPS) is 26.8. The van der Waals surface area contributed by atoms with Crippen molar-refractivity contribution in [1.29, 1.82) is 0 Å². The highest BCUT2D eigenvalue weighted by Crippen LogP contribution is 2.43. The van der Waals surface area contributed by atoms with Crippen LogP contribution >= 0.6 is 12.6 Å². The van der Waals surface area contributed by atoms with E-state index in [9.17, 15) is 0 Å². The summed E-state index contributed by atoms with van der Waals surface area (Å²) in [5.74, 6) is 0. The van der Waals surface area contributed by atoms with E-state index in [2.05, 4.69) is 26.5 Å². The molecule has 1 aromatic carbocycles. The number of thiol groups is 1. The highest BCUT2D eigenvalue weighted by atomic mass is 32.1. The Morgan fingerprint density at radius 1 is 1.31 bits per heavy atom. The third kappa shape index (κ3) is 2.25. The first-order valence-electron chi connectivity index (χ1n) is 5.34. The lowest BCUT2D eigenvalue weighted by atomic mass is 10.1. The van der Waals surface area contributed by atoms with Gasteiger partial charge in [-0.25, -0.2) is 0 Å². The molecule has 0 amide bonds. The average Bonchev–Trinajstić information content (AvgIpc) is 2.76. The molecule has 1 aromatic rings. The van der Waals surface area contributed by atoms with Gasteiger partial charge in [0, 0.05) is 0 Å². The molecule has 16 heavy (non-hydrogen) atoms. The molecule has 1 fully saturated rings. The summed E-state index contributed by atoms with van der Waals surface area (Å²) in [5, 5.41) is 11.0. The van der Waals surface area contributed by atoms with Crippen LogP contribution in [0.25, 0.3) is 0 Å². The first kappa shape index (κ1) is 11.9. The number of rotatable bonds is 4. The molecule has 1 N–H and O–H groups in total. The third-order valence-electron chi connectivity index (χ3n) is 2.93. The smallest absolute Gasteiger partial charge is 0.0985 e. The first-order valence-corrected chi connectivity index (χ1v) is 5.86. The zero-order valence-corrected chi connectivity index (χ0v) is 10.4. The largest absolute Gasteiger partial charge is 0.392 e. The van der Waals surface area contributed by atoms with Crippen molar-refractivity contribution in [2.45, 2.75) is 38.0 Å². The summed E-state index contributed by atoms with van der Waals surface area (Å²) in [5.41, 5.74) is 2.05. The first-order chi connectivity index (χ1) is 7.55. The molecule has 0 aliphatic carbocycles. The molecule has 2 atom stereocenters. The Bertz CT molecular complexity index is 364. The van der Waals surface area contributed by atoms with Gasteiger partial charge in [0.25, 0.3) is 0 Å². The molecule has 0 spiro atoms. The standard InChI is InChI=1S/C12H17NO2S/c1-12(2)11(16)13(12)15-8-10-5-3-9(7-14)4-6-10/h3-6,11,14,16H,7-8H2,1-2H3. The van der Waals surface area contributed by atoms with Crippen molar-refractivity contribution in [3.63, 3.8) is 0 Å². The lowest BCUT2D eigenvalue weighted by Gasteiger charge is -2.07. The Labute approximate surface area is 101 Å². The SMILES string of the molecule is CC1(C)C(S)N1OCc1ccc(CO)cc1. The number of hydroxylamine groups is 2. The topological polar surface area (TPSA) is 32.5 Å². The van der Waals surface area contributed by atoms with E-state index in [0.717, 1.165) is 11.1 Å². The number of hydrogen-bond donors (Lipinski definition) is 2. The van der Waals surface area contributed by atoms with Crippen LogP contribution in [0.3, 0.4) is 0 Å². The zero-order valence-electron chi connectivity index (χ0n) is 9.55. The average molecular weight is 239 g/mol. The van der Waals surface area contributed by atoms with Crippen LogP contribution in [0.15, 0.2) is 24.3 Å². The second-order valence-electron chi connectivity index (χ2n) is 4.60. The quantitative estimate of drug-likeness (QED) is 0.622. The number of nitrogens with zero attached hydrogens (tertiary/aromatic N) is 1. The van der Waals surface area contributed by atoms with Gasteiger partial charge in [-0.2, -0.15) is 17.7 Å². The molecule has 4 heteroatoms. The van der Waals surface area contributed by atoms with Crippen LogP contribution in [-0.2, 0) is 18.1 Å². The molecular formula is C12H17NO2S. The molecule has 1 aliphatic heterocycles. The minimum absolute atomic E-state index is 0.0359. The zero-order chi connectivity index (χ0) is 11.8. The number of hydrogen-bond acceptors (Lipinski definition) is 4. The molecule has 3 nitrogen and oxygen atoms in total. The van der Waals surface area contributed by atoms with Gasteiger partial charge in [-0.05, 0) is 25.0 Å². The van der Waals surface area contributed by atoms with Crippen molar-refractivity contribution in [3.8, 4) is 0 Å². The van der Waals surface area contributed by atoms with E-state index in [4.69, 9.17) is 9.94 Å². The van der Waals surface area contributed by atoms with E-state index in [0.29, 0.717) is 6.61 Å². The van der Waals surface area contributed by atoms with Crippen molar-refractivity contribution >= 4 is 12.6 Å². The predicted molar refractivity (Wildman–Crippen MR) is 65.8 cm³/mol. The maximum Gasteiger partial charge on any atom is 0.0985 e. The summed E-state index contributed by atoms with van der Waals surface area (Å²) >= 11 is 4.40. The van der Waals surface area contributed by atoms with Gasteiger partial charge in [-0.15, -0.1) is 0 Å². The van der Waals surface area contributed by atoms with Gasteiger partial charge >= 0.3 is 0 Å². The molecule has 88 valence electrons. The Morgan fingerprint density at radius 2 is 1.81 bits per heavy atom. The second kappa shape index (κ2) is 4.37. The summed E-state index contributed by atoms with van der Waals surface area (Å²) in [6.45, 7) is 4.82. The third-order valence-corrected chi connectivity index (χ3v) is 3.77. The molecule has 0 saturated carbocycles. The van der Waals surface area contributed by atoms with Crippen LogP contribution in [0.4, 0.5) is 0 Å². The second-order valence-corrected chi connectivity index (χ2v) is 5.09. The molecule has 2 rings (SSSR count). The van der Waals surface area contributed by atoms with Crippen LogP contribution in [0.2, 0.25) is 0 Å². The van der Waals surface area contributed by atoms with Gasteiger partial charge in [0.2, 0.25) is 0 Å². The number of aliphatic hydroxyl groups is 1. The van der Waals surface area contributed by atoms with E-state index in [1.807, 2.05) is 29.3 Å². The van der Waals surface area contributed by atoms with E-state index in [1.165, 1.54) is 0 Å². The van der Waals surface area contributed by atoms with Crippen molar-refractivity contribution in [2.75, 3.05) is 0 Å². The van der Waals surface area contributed by atoms with Gasteiger partial charge in [0.15, 0.2) is 0 Å². The lowest BCUT2D eigenvalue weighted by Crippen LogP contribution is -2.09. The van der Waals surface area contributed by atoms with Crippen LogP contribution in [0.1, 0.15) is 25.0 Å². The Hall–Kier alpha value is -0.550. The van der Waals surface area contributed by atoms with Gasteiger partial charge < -0.3 is 5.11 Å². The number of benzene rings is 1. The summed E-state index contributed by atoms with van der Waals surface area (Å²) < 4.78 is 0. The molecular weight excluding hydrogens is 222 g/mol. The maximum atomic E-state index is 8.91. The van der Waals surface area contributed by atoms with Crippen LogP contribution in [0.5, 0.6) is 0 Å². The molecule has 0 aromatic heterocycles. The van der Waals surface area contributed by atoms with Crippen molar-refractivity contribution < 1.29 is 9.94 Å². The van der Waals surface area contributed by atoms with Gasteiger partial charge in [-0.3, -0.25) is 4.84 Å². The molecule has 0 bridgehead atoms. The van der Waals surface area contributed by atoms with Crippen LogP contribution in [0, 0.1) is 0 Å². The summed E-state index contributed by atoms with van der Waals surface area (Å²) in [7, 11) is 0. The molecule has 0 radical (unpaired) electrons. The Balaban J connectivity index is 1.86. The van der Waals surface area contributed by atoms with E-state index in [1.54, 1.807) is 0 Å². The minimum Gasteiger partial charge on any atom is -0.392 e. The number of aliphatic hydroxyl groups excluding tert-OH is 1. The van der Waals surface area contributed by atoms with E-state index >= 15 is 0 Å². The summed E-state index contributed by atoms with van der Waals surface area (Å²) in [6.07, 6.45) is 0. The fourth-order valence-corrected chi connectivity index (χ4v) is 1.96. The molecule has 2 unspecified atom stereocenters. The summed E-state index contributed by atoms with van der Waals surface area (Å²) in [4.78, 5) is 5.63. The molecule has 1 heterocycles.